The third-order valence-corrected chi connectivity index (χ3v) is 5.58. The van der Waals surface area contributed by atoms with E-state index in [1.807, 2.05) is 0 Å². The monoisotopic (exact) mass is 347 g/mol. The minimum absolute atomic E-state index is 0.0928. The maximum atomic E-state index is 12.1. The Balaban J connectivity index is 2.05. The highest BCUT2D eigenvalue weighted by atomic mass is 79.9. The van der Waals surface area contributed by atoms with Gasteiger partial charge in [0.2, 0.25) is 10.0 Å². The molecule has 0 amide bonds. The summed E-state index contributed by atoms with van der Waals surface area (Å²) >= 11 is 3.32. The van der Waals surface area contributed by atoms with Crippen LogP contribution < -0.4 is 4.72 Å². The molecule has 6 heteroatoms. The SMILES string of the molecule is O=S(=O)(NCC1(O)CCCC1)c1ccc(CBr)cc1. The van der Waals surface area contributed by atoms with Gasteiger partial charge in [0.1, 0.15) is 0 Å². The molecule has 0 radical (unpaired) electrons. The van der Waals surface area contributed by atoms with Crippen molar-refractivity contribution in [3.8, 4) is 0 Å². The van der Waals surface area contributed by atoms with Gasteiger partial charge in [-0.2, -0.15) is 0 Å². The molecule has 0 bridgehead atoms. The third kappa shape index (κ3) is 3.78. The van der Waals surface area contributed by atoms with Crippen LogP contribution in [0.1, 0.15) is 31.2 Å². The van der Waals surface area contributed by atoms with E-state index in [1.165, 1.54) is 0 Å². The average Bonchev–Trinajstić information content (AvgIpc) is 2.84. The van der Waals surface area contributed by atoms with E-state index in [1.54, 1.807) is 24.3 Å². The average molecular weight is 348 g/mol. The van der Waals surface area contributed by atoms with Crippen molar-refractivity contribution < 1.29 is 13.5 Å². The van der Waals surface area contributed by atoms with E-state index in [2.05, 4.69) is 20.7 Å². The molecule has 1 aromatic carbocycles. The predicted molar refractivity (Wildman–Crippen MR) is 77.7 cm³/mol. The molecule has 0 spiro atoms. The lowest BCUT2D eigenvalue weighted by molar-refractivity contribution is 0.0532. The minimum atomic E-state index is -3.54. The van der Waals surface area contributed by atoms with Crippen molar-refractivity contribution in [2.75, 3.05) is 6.54 Å². The van der Waals surface area contributed by atoms with Crippen molar-refractivity contribution in [3.05, 3.63) is 29.8 Å². The number of rotatable bonds is 5. The van der Waals surface area contributed by atoms with Gasteiger partial charge in [-0.15, -0.1) is 0 Å². The molecule has 0 aliphatic heterocycles. The molecule has 1 aromatic rings. The Hall–Kier alpha value is -0.430. The highest BCUT2D eigenvalue weighted by Gasteiger charge is 2.32. The van der Waals surface area contributed by atoms with E-state index in [0.29, 0.717) is 18.2 Å². The van der Waals surface area contributed by atoms with Crippen LogP contribution in [0.5, 0.6) is 0 Å². The number of hydrogen-bond donors (Lipinski definition) is 2. The number of alkyl halides is 1. The molecule has 106 valence electrons. The summed E-state index contributed by atoms with van der Waals surface area (Å²) < 4.78 is 26.7. The second-order valence-corrected chi connectivity index (χ2v) is 7.36. The van der Waals surface area contributed by atoms with E-state index in [0.717, 1.165) is 18.4 Å². The van der Waals surface area contributed by atoms with E-state index in [-0.39, 0.29) is 11.4 Å². The van der Waals surface area contributed by atoms with Gasteiger partial charge in [-0.05, 0) is 30.5 Å². The van der Waals surface area contributed by atoms with Gasteiger partial charge >= 0.3 is 0 Å². The summed E-state index contributed by atoms with van der Waals surface area (Å²) in [6, 6.07) is 6.70. The standard InChI is InChI=1S/C13H18BrNO3S/c14-9-11-3-5-12(6-4-11)19(17,18)15-10-13(16)7-1-2-8-13/h3-6,15-16H,1-2,7-10H2. The molecular formula is C13H18BrNO3S. The van der Waals surface area contributed by atoms with Crippen LogP contribution in [0.4, 0.5) is 0 Å². The largest absolute Gasteiger partial charge is 0.389 e. The van der Waals surface area contributed by atoms with E-state index in [4.69, 9.17) is 0 Å². The van der Waals surface area contributed by atoms with Crippen LogP contribution in [0.15, 0.2) is 29.2 Å². The Kier molecular flexibility index (Phi) is 4.66. The normalized spacial score (nSPS) is 18.6. The molecule has 1 fully saturated rings. The fraction of sp³-hybridized carbons (Fsp3) is 0.538. The lowest BCUT2D eigenvalue weighted by Gasteiger charge is -2.22. The zero-order chi connectivity index (χ0) is 13.9. The van der Waals surface area contributed by atoms with Gasteiger partial charge in [-0.3, -0.25) is 0 Å². The first-order valence-electron chi connectivity index (χ1n) is 6.32. The topological polar surface area (TPSA) is 66.4 Å². The maximum absolute atomic E-state index is 12.1. The lowest BCUT2D eigenvalue weighted by Crippen LogP contribution is -2.40. The van der Waals surface area contributed by atoms with Gasteiger partial charge < -0.3 is 5.11 Å². The van der Waals surface area contributed by atoms with E-state index < -0.39 is 15.6 Å². The van der Waals surface area contributed by atoms with Gasteiger partial charge in [0.05, 0.1) is 10.5 Å². The molecular weight excluding hydrogens is 330 g/mol. The van der Waals surface area contributed by atoms with Gasteiger partial charge in [0.15, 0.2) is 0 Å². The highest BCUT2D eigenvalue weighted by molar-refractivity contribution is 9.08. The van der Waals surface area contributed by atoms with Crippen LogP contribution in [0.3, 0.4) is 0 Å². The van der Waals surface area contributed by atoms with Gasteiger partial charge in [0.25, 0.3) is 0 Å². The van der Waals surface area contributed by atoms with Crippen molar-refractivity contribution in [2.45, 2.75) is 41.5 Å². The summed E-state index contributed by atoms with van der Waals surface area (Å²) in [5, 5.41) is 10.8. The quantitative estimate of drug-likeness (QED) is 0.802. The molecule has 1 aliphatic rings. The second-order valence-electron chi connectivity index (χ2n) is 5.03. The summed E-state index contributed by atoms with van der Waals surface area (Å²) in [5.74, 6) is 0. The minimum Gasteiger partial charge on any atom is -0.389 e. The van der Waals surface area contributed by atoms with Crippen LogP contribution in [0.25, 0.3) is 0 Å². The van der Waals surface area contributed by atoms with Crippen LogP contribution in [0.2, 0.25) is 0 Å². The molecule has 0 heterocycles. The van der Waals surface area contributed by atoms with Crippen LogP contribution in [0, 0.1) is 0 Å². The Labute approximate surface area is 122 Å². The Bertz CT molecular complexity index is 521. The molecule has 2 rings (SSSR count). The fourth-order valence-electron chi connectivity index (χ4n) is 2.28. The molecule has 2 N–H and O–H groups in total. The van der Waals surface area contributed by atoms with Crippen molar-refractivity contribution >= 4 is 26.0 Å². The fourth-order valence-corrected chi connectivity index (χ4v) is 3.77. The lowest BCUT2D eigenvalue weighted by atomic mass is 10.0. The molecule has 0 unspecified atom stereocenters. The Morgan fingerprint density at radius 3 is 2.32 bits per heavy atom. The van der Waals surface area contributed by atoms with E-state index >= 15 is 0 Å². The first-order valence-corrected chi connectivity index (χ1v) is 8.93. The smallest absolute Gasteiger partial charge is 0.240 e. The van der Waals surface area contributed by atoms with Gasteiger partial charge in [-0.1, -0.05) is 40.9 Å². The molecule has 0 saturated heterocycles. The van der Waals surface area contributed by atoms with Gasteiger partial charge in [0, 0.05) is 11.9 Å². The molecule has 19 heavy (non-hydrogen) atoms. The molecule has 0 atom stereocenters. The molecule has 1 saturated carbocycles. The molecule has 1 aliphatic carbocycles. The third-order valence-electron chi connectivity index (χ3n) is 3.51. The predicted octanol–water partition coefficient (Wildman–Crippen LogP) is 2.16. The zero-order valence-electron chi connectivity index (χ0n) is 10.6. The first kappa shape index (κ1) is 15.0. The van der Waals surface area contributed by atoms with Crippen molar-refractivity contribution in [3.63, 3.8) is 0 Å². The summed E-state index contributed by atoms with van der Waals surface area (Å²) in [5.41, 5.74) is 0.149. The number of aliphatic hydroxyl groups is 1. The number of hydrogen-bond acceptors (Lipinski definition) is 3. The molecule has 0 aromatic heterocycles. The molecule has 4 nitrogen and oxygen atoms in total. The Morgan fingerprint density at radius 2 is 1.79 bits per heavy atom. The van der Waals surface area contributed by atoms with E-state index in [9.17, 15) is 13.5 Å². The van der Waals surface area contributed by atoms with Gasteiger partial charge in [-0.25, -0.2) is 13.1 Å². The zero-order valence-corrected chi connectivity index (χ0v) is 13.0. The van der Waals surface area contributed by atoms with Crippen molar-refractivity contribution in [1.29, 1.82) is 0 Å². The first-order chi connectivity index (χ1) is 8.95. The second kappa shape index (κ2) is 5.91. The van der Waals surface area contributed by atoms with Crippen LogP contribution in [-0.2, 0) is 15.4 Å². The van der Waals surface area contributed by atoms with Crippen LogP contribution in [-0.4, -0.2) is 25.7 Å². The number of benzene rings is 1. The number of halogens is 1. The van der Waals surface area contributed by atoms with Crippen LogP contribution >= 0.6 is 15.9 Å². The number of nitrogens with one attached hydrogen (secondary N) is 1. The number of sulfonamides is 1. The van der Waals surface area contributed by atoms with Crippen molar-refractivity contribution in [2.24, 2.45) is 0 Å². The maximum Gasteiger partial charge on any atom is 0.240 e. The summed E-state index contributed by atoms with van der Waals surface area (Å²) in [7, 11) is -3.54. The highest BCUT2D eigenvalue weighted by Crippen LogP contribution is 2.29. The summed E-state index contributed by atoms with van der Waals surface area (Å²) in [6.07, 6.45) is 3.24. The summed E-state index contributed by atoms with van der Waals surface area (Å²) in [6.45, 7) is 0.0928. The van der Waals surface area contributed by atoms with Crippen molar-refractivity contribution in [1.82, 2.24) is 4.72 Å². The Morgan fingerprint density at radius 1 is 1.21 bits per heavy atom. The summed E-state index contributed by atoms with van der Waals surface area (Å²) in [4.78, 5) is 0.235.